The van der Waals surface area contributed by atoms with Gasteiger partial charge in [-0.25, -0.2) is 0 Å². The molecule has 0 spiro atoms. The molecule has 0 saturated carbocycles. The summed E-state index contributed by atoms with van der Waals surface area (Å²) in [6.07, 6.45) is 6.93. The summed E-state index contributed by atoms with van der Waals surface area (Å²) in [6.45, 7) is 1.63. The van der Waals surface area contributed by atoms with E-state index in [1.807, 2.05) is 12.1 Å². The van der Waals surface area contributed by atoms with Crippen LogP contribution in [0.1, 0.15) is 37.7 Å². The Morgan fingerprint density at radius 3 is 2.62 bits per heavy atom. The lowest BCUT2D eigenvalue weighted by atomic mass is 9.94. The van der Waals surface area contributed by atoms with E-state index in [0.29, 0.717) is 32.6 Å². The highest BCUT2D eigenvalue weighted by Crippen LogP contribution is 2.23. The number of ether oxygens (including phenoxy) is 2. The SMILES string of the molecule is O=C(Cc1ccncc1)NCC[C@@H]1CC[C@H](NC(=O)C2CCOCC2)[C@@H](CO)O1. The van der Waals surface area contributed by atoms with Crippen molar-refractivity contribution in [3.63, 3.8) is 0 Å². The first kappa shape index (κ1) is 21.7. The van der Waals surface area contributed by atoms with Crippen molar-refractivity contribution in [2.24, 2.45) is 5.92 Å². The largest absolute Gasteiger partial charge is 0.394 e. The number of aliphatic hydroxyl groups excluding tert-OH is 1. The zero-order valence-electron chi connectivity index (χ0n) is 16.7. The summed E-state index contributed by atoms with van der Waals surface area (Å²) in [5.41, 5.74) is 0.926. The number of carbonyl (C=O) groups excluding carboxylic acids is 2. The number of hydrogen-bond acceptors (Lipinski definition) is 6. The number of nitrogens with zero attached hydrogens (tertiary/aromatic N) is 1. The van der Waals surface area contributed by atoms with Gasteiger partial charge in [-0.1, -0.05) is 0 Å². The first-order valence-electron chi connectivity index (χ1n) is 10.5. The number of rotatable bonds is 8. The number of amides is 2. The van der Waals surface area contributed by atoms with Gasteiger partial charge < -0.3 is 25.2 Å². The van der Waals surface area contributed by atoms with Crippen molar-refractivity contribution in [3.8, 4) is 0 Å². The van der Waals surface area contributed by atoms with Gasteiger partial charge in [-0.15, -0.1) is 0 Å². The van der Waals surface area contributed by atoms with E-state index in [4.69, 9.17) is 9.47 Å². The molecule has 0 aromatic carbocycles. The molecular weight excluding hydrogens is 374 g/mol. The smallest absolute Gasteiger partial charge is 0.224 e. The lowest BCUT2D eigenvalue weighted by Crippen LogP contribution is -2.52. The van der Waals surface area contributed by atoms with E-state index in [-0.39, 0.29) is 36.5 Å². The molecule has 1 aromatic heterocycles. The molecule has 2 amide bonds. The Hall–Kier alpha value is -2.03. The van der Waals surface area contributed by atoms with Gasteiger partial charge >= 0.3 is 0 Å². The molecule has 2 aliphatic heterocycles. The maximum absolute atomic E-state index is 12.5. The molecule has 0 unspecified atom stereocenters. The third-order valence-electron chi connectivity index (χ3n) is 5.62. The maximum Gasteiger partial charge on any atom is 0.224 e. The van der Waals surface area contributed by atoms with Crippen LogP contribution in [0.4, 0.5) is 0 Å². The molecule has 29 heavy (non-hydrogen) atoms. The third-order valence-corrected chi connectivity index (χ3v) is 5.62. The lowest BCUT2D eigenvalue weighted by molar-refractivity contribution is -0.135. The van der Waals surface area contributed by atoms with Crippen molar-refractivity contribution in [2.75, 3.05) is 26.4 Å². The van der Waals surface area contributed by atoms with Gasteiger partial charge in [-0.05, 0) is 49.8 Å². The van der Waals surface area contributed by atoms with Crippen molar-refractivity contribution < 1.29 is 24.2 Å². The number of hydrogen-bond donors (Lipinski definition) is 3. The van der Waals surface area contributed by atoms with Crippen molar-refractivity contribution in [2.45, 2.75) is 56.8 Å². The van der Waals surface area contributed by atoms with E-state index in [2.05, 4.69) is 15.6 Å². The van der Waals surface area contributed by atoms with E-state index in [1.54, 1.807) is 12.4 Å². The van der Waals surface area contributed by atoms with Gasteiger partial charge in [0.2, 0.25) is 11.8 Å². The van der Waals surface area contributed by atoms with Crippen LogP contribution in [0.2, 0.25) is 0 Å². The van der Waals surface area contributed by atoms with Gasteiger partial charge in [0.15, 0.2) is 0 Å². The average Bonchev–Trinajstić information content (AvgIpc) is 2.76. The lowest BCUT2D eigenvalue weighted by Gasteiger charge is -2.37. The minimum absolute atomic E-state index is 0.0172. The maximum atomic E-state index is 12.5. The zero-order valence-corrected chi connectivity index (χ0v) is 16.7. The first-order chi connectivity index (χ1) is 14.2. The molecule has 160 valence electrons. The van der Waals surface area contributed by atoms with Gasteiger partial charge in [0.25, 0.3) is 0 Å². The second-order valence-corrected chi connectivity index (χ2v) is 7.73. The van der Waals surface area contributed by atoms with Gasteiger partial charge in [0, 0.05) is 38.1 Å². The van der Waals surface area contributed by atoms with Crippen molar-refractivity contribution in [3.05, 3.63) is 30.1 Å². The van der Waals surface area contributed by atoms with Crippen LogP contribution in [0.5, 0.6) is 0 Å². The molecule has 2 aliphatic rings. The van der Waals surface area contributed by atoms with Gasteiger partial charge in [0.1, 0.15) is 6.10 Å². The van der Waals surface area contributed by atoms with E-state index >= 15 is 0 Å². The Morgan fingerprint density at radius 2 is 1.90 bits per heavy atom. The highest BCUT2D eigenvalue weighted by Gasteiger charge is 2.33. The van der Waals surface area contributed by atoms with Crippen LogP contribution in [0.3, 0.4) is 0 Å². The molecular formula is C21H31N3O5. The zero-order chi connectivity index (χ0) is 20.5. The normalized spacial score (nSPS) is 25.3. The Balaban J connectivity index is 1.37. The van der Waals surface area contributed by atoms with Crippen LogP contribution in [0.25, 0.3) is 0 Å². The summed E-state index contributed by atoms with van der Waals surface area (Å²) < 4.78 is 11.3. The van der Waals surface area contributed by atoms with Crippen LogP contribution in [-0.2, 0) is 25.5 Å². The molecule has 3 N–H and O–H groups in total. The minimum Gasteiger partial charge on any atom is -0.394 e. The Morgan fingerprint density at radius 1 is 1.14 bits per heavy atom. The van der Waals surface area contributed by atoms with Crippen LogP contribution in [0.15, 0.2) is 24.5 Å². The van der Waals surface area contributed by atoms with Crippen LogP contribution < -0.4 is 10.6 Å². The van der Waals surface area contributed by atoms with Crippen LogP contribution in [-0.4, -0.2) is 66.5 Å². The molecule has 0 bridgehead atoms. The topological polar surface area (TPSA) is 110 Å². The quantitative estimate of drug-likeness (QED) is 0.584. The molecule has 3 heterocycles. The second-order valence-electron chi connectivity index (χ2n) is 7.73. The molecule has 3 atom stereocenters. The summed E-state index contributed by atoms with van der Waals surface area (Å²) in [7, 11) is 0. The van der Waals surface area contributed by atoms with Crippen molar-refractivity contribution >= 4 is 11.8 Å². The summed E-state index contributed by atoms with van der Waals surface area (Å²) in [5, 5.41) is 15.7. The minimum atomic E-state index is -0.412. The summed E-state index contributed by atoms with van der Waals surface area (Å²) in [6, 6.07) is 3.47. The number of aromatic nitrogens is 1. The fraction of sp³-hybridized carbons (Fsp3) is 0.667. The van der Waals surface area contributed by atoms with Gasteiger partial charge in [-0.2, -0.15) is 0 Å². The molecule has 2 saturated heterocycles. The molecule has 0 radical (unpaired) electrons. The summed E-state index contributed by atoms with van der Waals surface area (Å²) >= 11 is 0. The molecule has 8 nitrogen and oxygen atoms in total. The van der Waals surface area contributed by atoms with Gasteiger partial charge in [0.05, 0.1) is 25.2 Å². The average molecular weight is 405 g/mol. The fourth-order valence-corrected chi connectivity index (χ4v) is 3.89. The highest BCUT2D eigenvalue weighted by molar-refractivity contribution is 5.79. The molecule has 1 aromatic rings. The van der Waals surface area contributed by atoms with Gasteiger partial charge in [-0.3, -0.25) is 14.6 Å². The molecule has 2 fully saturated rings. The molecule has 0 aliphatic carbocycles. The van der Waals surface area contributed by atoms with Crippen molar-refractivity contribution in [1.82, 2.24) is 15.6 Å². The monoisotopic (exact) mass is 405 g/mol. The van der Waals surface area contributed by atoms with E-state index in [1.165, 1.54) is 0 Å². The predicted molar refractivity (Wildman–Crippen MR) is 106 cm³/mol. The van der Waals surface area contributed by atoms with Crippen LogP contribution >= 0.6 is 0 Å². The Bertz CT molecular complexity index is 651. The molecule has 3 rings (SSSR count). The van der Waals surface area contributed by atoms with Crippen molar-refractivity contribution in [1.29, 1.82) is 0 Å². The predicted octanol–water partition coefficient (Wildman–Crippen LogP) is 0.582. The second kappa shape index (κ2) is 11.2. The van der Waals surface area contributed by atoms with Crippen LogP contribution in [0, 0.1) is 5.92 Å². The molecule has 8 heteroatoms. The van der Waals surface area contributed by atoms with E-state index in [9.17, 15) is 14.7 Å². The fourth-order valence-electron chi connectivity index (χ4n) is 3.89. The Kier molecular flexibility index (Phi) is 8.39. The number of nitrogens with one attached hydrogen (secondary N) is 2. The standard InChI is InChI=1S/C21H31N3O5/c25-14-19-18(24-21(27)16-6-11-28-12-7-16)2-1-17(29-19)5-10-23-20(26)13-15-3-8-22-9-4-15/h3-4,8-9,16-19,25H,1-2,5-7,10-14H2,(H,23,26)(H,24,27)/t17-,18-,19+/m0/s1. The Labute approximate surface area is 171 Å². The van der Waals surface area contributed by atoms with E-state index in [0.717, 1.165) is 31.2 Å². The third kappa shape index (κ3) is 6.76. The highest BCUT2D eigenvalue weighted by atomic mass is 16.5. The first-order valence-corrected chi connectivity index (χ1v) is 10.5. The number of pyridine rings is 1. The number of carbonyl (C=O) groups is 2. The number of aliphatic hydroxyl groups is 1. The summed E-state index contributed by atoms with van der Waals surface area (Å²) in [5.74, 6) is -0.0223. The van der Waals surface area contributed by atoms with E-state index < -0.39 is 6.10 Å². The summed E-state index contributed by atoms with van der Waals surface area (Å²) in [4.78, 5) is 28.4.